The van der Waals surface area contributed by atoms with Crippen molar-refractivity contribution in [3.8, 4) is 23.1 Å². The minimum absolute atomic E-state index is 0.475. The maximum Gasteiger partial charge on any atom is 0.198 e. The number of nitrogens with zero attached hydrogens (tertiary/aromatic N) is 4. The molecule has 5 nitrogen and oxygen atoms in total. The Morgan fingerprint density at radius 2 is 2.14 bits per heavy atom. The van der Waals surface area contributed by atoms with Gasteiger partial charge in [0.1, 0.15) is 0 Å². The molecule has 5 heteroatoms. The van der Waals surface area contributed by atoms with E-state index in [2.05, 4.69) is 16.2 Å². The first-order valence-electron chi connectivity index (χ1n) is 7.24. The van der Waals surface area contributed by atoms with Gasteiger partial charge in [0.15, 0.2) is 17.2 Å². The van der Waals surface area contributed by atoms with Crippen molar-refractivity contribution in [2.75, 3.05) is 7.11 Å². The van der Waals surface area contributed by atoms with Gasteiger partial charge in [0, 0.05) is 11.5 Å². The fourth-order valence-electron chi connectivity index (χ4n) is 2.60. The summed E-state index contributed by atoms with van der Waals surface area (Å²) >= 11 is 0. The first kappa shape index (κ1) is 12.8. The molecule has 0 unspecified atom stereocenters. The van der Waals surface area contributed by atoms with Crippen molar-refractivity contribution in [2.45, 2.75) is 18.8 Å². The number of pyridine rings is 1. The zero-order valence-electron chi connectivity index (χ0n) is 12.2. The smallest absolute Gasteiger partial charge is 0.198 e. The second-order valence-electron chi connectivity index (χ2n) is 5.46. The van der Waals surface area contributed by atoms with E-state index < -0.39 is 0 Å². The van der Waals surface area contributed by atoms with Crippen LogP contribution in [0.1, 0.15) is 30.1 Å². The second kappa shape index (κ2) is 4.85. The number of rotatable bonds is 3. The van der Waals surface area contributed by atoms with Crippen molar-refractivity contribution in [3.05, 3.63) is 47.8 Å². The van der Waals surface area contributed by atoms with E-state index in [-0.39, 0.29) is 0 Å². The van der Waals surface area contributed by atoms with Crippen molar-refractivity contribution >= 4 is 5.65 Å². The lowest BCUT2D eigenvalue weighted by molar-refractivity contribution is 0.416. The third kappa shape index (κ3) is 2.01. The average Bonchev–Trinajstić information content (AvgIpc) is 3.32. The van der Waals surface area contributed by atoms with Crippen LogP contribution in [0.15, 0.2) is 36.4 Å². The average molecular weight is 290 g/mol. The Kier molecular flexibility index (Phi) is 2.83. The summed E-state index contributed by atoms with van der Waals surface area (Å²) in [7, 11) is 1.64. The molecule has 3 aromatic rings. The number of nitriles is 1. The molecule has 1 fully saturated rings. The van der Waals surface area contributed by atoms with E-state index in [1.54, 1.807) is 13.2 Å². The molecule has 2 aromatic heterocycles. The lowest BCUT2D eigenvalue weighted by Gasteiger charge is -2.07. The van der Waals surface area contributed by atoms with Crippen LogP contribution in [0.5, 0.6) is 5.75 Å². The minimum atomic E-state index is 0.475. The molecular weight excluding hydrogens is 276 g/mol. The van der Waals surface area contributed by atoms with Gasteiger partial charge in [-0.3, -0.25) is 0 Å². The first-order valence-corrected chi connectivity index (χ1v) is 7.24. The summed E-state index contributed by atoms with van der Waals surface area (Å²) in [6, 6.07) is 13.5. The van der Waals surface area contributed by atoms with Crippen LogP contribution < -0.4 is 4.74 Å². The molecule has 1 aromatic carbocycles. The molecule has 0 saturated heterocycles. The Labute approximate surface area is 127 Å². The number of benzene rings is 1. The fourth-order valence-corrected chi connectivity index (χ4v) is 2.60. The Morgan fingerprint density at radius 1 is 1.27 bits per heavy atom. The highest BCUT2D eigenvalue weighted by molar-refractivity contribution is 5.68. The summed E-state index contributed by atoms with van der Waals surface area (Å²) in [5, 5.41) is 13.7. The maximum absolute atomic E-state index is 9.08. The van der Waals surface area contributed by atoms with E-state index in [9.17, 15) is 0 Å². The zero-order chi connectivity index (χ0) is 15.1. The molecule has 4 rings (SSSR count). The number of hydrogen-bond acceptors (Lipinski definition) is 4. The summed E-state index contributed by atoms with van der Waals surface area (Å²) in [6.07, 6.45) is 2.30. The highest BCUT2D eigenvalue weighted by atomic mass is 16.5. The molecule has 2 heterocycles. The van der Waals surface area contributed by atoms with Crippen LogP contribution >= 0.6 is 0 Å². The molecule has 0 N–H and O–H groups in total. The van der Waals surface area contributed by atoms with Crippen molar-refractivity contribution in [2.24, 2.45) is 0 Å². The lowest BCUT2D eigenvalue weighted by atomic mass is 10.1. The summed E-state index contributed by atoms with van der Waals surface area (Å²) in [6.45, 7) is 0. The van der Waals surface area contributed by atoms with Crippen LogP contribution in [0.2, 0.25) is 0 Å². The van der Waals surface area contributed by atoms with E-state index in [0.29, 0.717) is 17.2 Å². The number of fused-ring (bicyclic) bond motifs is 1. The molecule has 0 atom stereocenters. The highest BCUT2D eigenvalue weighted by Gasteiger charge is 2.29. The van der Waals surface area contributed by atoms with Gasteiger partial charge in [0.2, 0.25) is 0 Å². The molecule has 1 aliphatic rings. The van der Waals surface area contributed by atoms with Gasteiger partial charge in [0.05, 0.1) is 24.4 Å². The van der Waals surface area contributed by atoms with Crippen molar-refractivity contribution in [1.29, 1.82) is 5.26 Å². The van der Waals surface area contributed by atoms with Crippen molar-refractivity contribution < 1.29 is 4.74 Å². The Balaban J connectivity index is 1.95. The monoisotopic (exact) mass is 290 g/mol. The van der Waals surface area contributed by atoms with Crippen molar-refractivity contribution in [3.63, 3.8) is 0 Å². The third-order valence-corrected chi connectivity index (χ3v) is 3.91. The molecular formula is C17H14N4O. The first-order chi connectivity index (χ1) is 10.8. The van der Waals surface area contributed by atoms with Gasteiger partial charge in [-0.2, -0.15) is 10.4 Å². The van der Waals surface area contributed by atoms with Crippen LogP contribution in [0.3, 0.4) is 0 Å². The molecule has 108 valence electrons. The van der Waals surface area contributed by atoms with Crippen LogP contribution in [0.25, 0.3) is 16.9 Å². The van der Waals surface area contributed by atoms with Gasteiger partial charge in [-0.05, 0) is 37.1 Å². The largest absolute Gasteiger partial charge is 0.493 e. The maximum atomic E-state index is 9.08. The van der Waals surface area contributed by atoms with Gasteiger partial charge in [-0.15, -0.1) is 0 Å². The van der Waals surface area contributed by atoms with E-state index in [0.717, 1.165) is 35.6 Å². The summed E-state index contributed by atoms with van der Waals surface area (Å²) in [5.41, 5.74) is 3.21. The molecule has 0 spiro atoms. The van der Waals surface area contributed by atoms with Crippen LogP contribution in [-0.2, 0) is 0 Å². The molecule has 0 bridgehead atoms. The quantitative estimate of drug-likeness (QED) is 0.743. The molecule has 1 saturated carbocycles. The number of ether oxygens (including phenoxy) is 1. The minimum Gasteiger partial charge on any atom is -0.493 e. The van der Waals surface area contributed by atoms with E-state index in [4.69, 9.17) is 10.00 Å². The normalized spacial score (nSPS) is 14.0. The predicted molar refractivity (Wildman–Crippen MR) is 81.7 cm³/mol. The Morgan fingerprint density at radius 3 is 2.86 bits per heavy atom. The number of methoxy groups -OCH3 is 1. The number of aromatic nitrogens is 3. The van der Waals surface area contributed by atoms with Gasteiger partial charge in [-0.1, -0.05) is 12.1 Å². The fraction of sp³-hybridized carbons (Fsp3) is 0.235. The summed E-state index contributed by atoms with van der Waals surface area (Å²) < 4.78 is 7.22. The lowest BCUT2D eigenvalue weighted by Crippen LogP contribution is -1.97. The Bertz CT molecular complexity index is 903. The molecule has 1 aliphatic carbocycles. The topological polar surface area (TPSA) is 63.2 Å². The summed E-state index contributed by atoms with van der Waals surface area (Å²) in [4.78, 5) is 4.64. The van der Waals surface area contributed by atoms with E-state index in [1.807, 2.05) is 34.8 Å². The highest BCUT2D eigenvalue weighted by Crippen LogP contribution is 2.39. The van der Waals surface area contributed by atoms with Crippen LogP contribution in [0.4, 0.5) is 0 Å². The second-order valence-corrected chi connectivity index (χ2v) is 5.46. The molecule has 0 radical (unpaired) electrons. The SMILES string of the molecule is COc1ccc(-c2cccc(C#N)c2)n2nc(C3CC3)nc12. The number of hydrogen-bond donors (Lipinski definition) is 0. The predicted octanol–water partition coefficient (Wildman–Crippen LogP) is 3.15. The standard InChI is InChI=1S/C17H14N4O/c1-22-15-8-7-14(13-4-2-3-11(9-13)10-18)21-17(15)19-16(20-21)12-5-6-12/h2-4,7-9,12H,5-6H2,1H3. The molecule has 0 aliphatic heterocycles. The summed E-state index contributed by atoms with van der Waals surface area (Å²) in [5.74, 6) is 2.06. The van der Waals surface area contributed by atoms with Gasteiger partial charge >= 0.3 is 0 Å². The zero-order valence-corrected chi connectivity index (χ0v) is 12.2. The van der Waals surface area contributed by atoms with E-state index in [1.165, 1.54) is 0 Å². The van der Waals surface area contributed by atoms with Crippen LogP contribution in [0, 0.1) is 11.3 Å². The third-order valence-electron chi connectivity index (χ3n) is 3.91. The molecule has 22 heavy (non-hydrogen) atoms. The van der Waals surface area contributed by atoms with Crippen molar-refractivity contribution in [1.82, 2.24) is 14.6 Å². The van der Waals surface area contributed by atoms with Gasteiger partial charge < -0.3 is 4.74 Å². The van der Waals surface area contributed by atoms with E-state index >= 15 is 0 Å². The van der Waals surface area contributed by atoms with Gasteiger partial charge in [0.25, 0.3) is 0 Å². The Hall–Kier alpha value is -2.87. The molecule has 0 amide bonds. The van der Waals surface area contributed by atoms with Crippen LogP contribution in [-0.4, -0.2) is 21.7 Å². The van der Waals surface area contributed by atoms with Gasteiger partial charge in [-0.25, -0.2) is 9.50 Å².